The van der Waals surface area contributed by atoms with Crippen LogP contribution in [0.5, 0.6) is 0 Å². The van der Waals surface area contributed by atoms with Crippen LogP contribution in [0.25, 0.3) is 0 Å². The Kier molecular flexibility index (Phi) is 5.88. The normalized spacial score (nSPS) is 20.7. The summed E-state index contributed by atoms with van der Waals surface area (Å²) in [5.41, 5.74) is 3.15. The highest BCUT2D eigenvalue weighted by molar-refractivity contribution is 7.89. The predicted molar refractivity (Wildman–Crippen MR) is 109 cm³/mol. The second kappa shape index (κ2) is 8.03. The highest BCUT2D eigenvalue weighted by Crippen LogP contribution is 2.23. The monoisotopic (exact) mass is 402 g/mol. The summed E-state index contributed by atoms with van der Waals surface area (Å²) < 4.78 is 32.9. The lowest BCUT2D eigenvalue weighted by molar-refractivity contribution is -0.0440. The van der Waals surface area contributed by atoms with Crippen LogP contribution in [0, 0.1) is 13.8 Å². The van der Waals surface area contributed by atoms with E-state index in [1.807, 2.05) is 45.9 Å². The molecule has 0 radical (unpaired) electrons. The van der Waals surface area contributed by atoms with Crippen molar-refractivity contribution in [3.63, 3.8) is 0 Å². The largest absolute Gasteiger partial charge is 0.373 e. The van der Waals surface area contributed by atoms with Gasteiger partial charge in [0.2, 0.25) is 10.0 Å². The van der Waals surface area contributed by atoms with E-state index < -0.39 is 10.0 Å². The topological polar surface area (TPSA) is 75.7 Å². The lowest BCUT2D eigenvalue weighted by Crippen LogP contribution is -2.48. The van der Waals surface area contributed by atoms with Gasteiger partial charge >= 0.3 is 0 Å². The molecule has 1 aliphatic rings. The lowest BCUT2D eigenvalue weighted by Gasteiger charge is -2.34. The van der Waals surface area contributed by atoms with Crippen molar-refractivity contribution in [3.8, 4) is 0 Å². The van der Waals surface area contributed by atoms with Crippen molar-refractivity contribution in [1.82, 2.24) is 4.31 Å². The number of hydrogen-bond donors (Lipinski definition) is 1. The van der Waals surface area contributed by atoms with Crippen molar-refractivity contribution >= 4 is 21.6 Å². The van der Waals surface area contributed by atoms with Crippen molar-refractivity contribution in [3.05, 3.63) is 59.2 Å². The first-order chi connectivity index (χ1) is 13.1. The summed E-state index contributed by atoms with van der Waals surface area (Å²) >= 11 is 0. The molecule has 2 aromatic rings. The first-order valence-corrected chi connectivity index (χ1v) is 10.7. The van der Waals surface area contributed by atoms with Crippen molar-refractivity contribution < 1.29 is 17.9 Å². The molecule has 3 rings (SSSR count). The zero-order chi connectivity index (χ0) is 20.5. The van der Waals surface area contributed by atoms with Crippen LogP contribution in [0.4, 0.5) is 5.69 Å². The van der Waals surface area contributed by atoms with Gasteiger partial charge in [-0.05, 0) is 64.1 Å². The van der Waals surface area contributed by atoms with Crippen LogP contribution in [-0.2, 0) is 14.8 Å². The zero-order valence-corrected chi connectivity index (χ0v) is 17.4. The van der Waals surface area contributed by atoms with E-state index in [1.54, 1.807) is 12.1 Å². The Hall–Kier alpha value is -2.22. The van der Waals surface area contributed by atoms with E-state index in [0.29, 0.717) is 24.3 Å². The molecule has 0 saturated carbocycles. The highest BCUT2D eigenvalue weighted by atomic mass is 32.2. The summed E-state index contributed by atoms with van der Waals surface area (Å²) in [4.78, 5) is 12.7. The number of hydrogen-bond acceptors (Lipinski definition) is 4. The average molecular weight is 403 g/mol. The molecule has 1 N–H and O–H groups in total. The number of amides is 1. The molecule has 6 nitrogen and oxygen atoms in total. The summed E-state index contributed by atoms with van der Waals surface area (Å²) in [6.07, 6.45) is -0.287. The van der Waals surface area contributed by atoms with Crippen molar-refractivity contribution in [2.45, 2.75) is 44.8 Å². The van der Waals surface area contributed by atoms with Gasteiger partial charge in [0.25, 0.3) is 5.91 Å². The summed E-state index contributed by atoms with van der Waals surface area (Å²) in [5.74, 6) is -0.224. The van der Waals surface area contributed by atoms with E-state index in [4.69, 9.17) is 4.74 Å². The van der Waals surface area contributed by atoms with Gasteiger partial charge in [0.15, 0.2) is 0 Å². The van der Waals surface area contributed by atoms with Crippen LogP contribution in [0.1, 0.15) is 35.3 Å². The number of aryl methyl sites for hydroxylation is 2. The van der Waals surface area contributed by atoms with Gasteiger partial charge < -0.3 is 10.1 Å². The first kappa shape index (κ1) is 20.5. The van der Waals surface area contributed by atoms with Crippen molar-refractivity contribution in [2.24, 2.45) is 0 Å². The fourth-order valence-electron chi connectivity index (χ4n) is 3.50. The molecule has 0 spiro atoms. The summed E-state index contributed by atoms with van der Waals surface area (Å²) in [6, 6.07) is 11.9. The zero-order valence-electron chi connectivity index (χ0n) is 16.6. The minimum absolute atomic E-state index is 0.144. The summed E-state index contributed by atoms with van der Waals surface area (Å²) in [7, 11) is -3.60. The van der Waals surface area contributed by atoms with Gasteiger partial charge in [0.1, 0.15) is 0 Å². The smallest absolute Gasteiger partial charge is 0.255 e. The number of carbonyl (C=O) groups is 1. The maximum atomic E-state index is 12.9. The minimum atomic E-state index is -3.60. The number of ether oxygens (including phenoxy) is 1. The number of carbonyl (C=O) groups excluding carboxylic acids is 1. The Balaban J connectivity index is 1.75. The maximum Gasteiger partial charge on any atom is 0.255 e. The fourth-order valence-corrected chi connectivity index (χ4v) is 5.09. The van der Waals surface area contributed by atoms with Crippen LogP contribution in [0.15, 0.2) is 47.4 Å². The molecule has 0 bridgehead atoms. The maximum absolute atomic E-state index is 12.9. The second-order valence-electron chi connectivity index (χ2n) is 7.43. The van der Waals surface area contributed by atoms with Gasteiger partial charge in [-0.25, -0.2) is 8.42 Å². The van der Waals surface area contributed by atoms with Crippen molar-refractivity contribution in [1.29, 1.82) is 0 Å². The van der Waals surface area contributed by atoms with E-state index in [-0.39, 0.29) is 23.0 Å². The van der Waals surface area contributed by atoms with Gasteiger partial charge in [0.05, 0.1) is 17.1 Å². The summed E-state index contributed by atoms with van der Waals surface area (Å²) in [6.45, 7) is 8.27. The van der Waals surface area contributed by atoms with Crippen LogP contribution in [0.3, 0.4) is 0 Å². The summed E-state index contributed by atoms with van der Waals surface area (Å²) in [5, 5.41) is 2.82. The molecular weight excluding hydrogens is 376 g/mol. The Morgan fingerprint density at radius 1 is 1.00 bits per heavy atom. The molecule has 2 aromatic carbocycles. The van der Waals surface area contributed by atoms with Crippen molar-refractivity contribution in [2.75, 3.05) is 18.4 Å². The number of nitrogens with zero attached hydrogens (tertiary/aromatic N) is 1. The standard InChI is InChI=1S/C21H26N2O4S/c1-14-9-15(2)11-18(10-14)21(24)22-19-5-7-20(8-6-19)28(25,26)23-12-16(3)27-17(4)13-23/h5-11,16-17H,12-13H2,1-4H3,(H,22,24). The molecule has 2 atom stereocenters. The number of nitrogens with one attached hydrogen (secondary N) is 1. The van der Waals surface area contributed by atoms with Gasteiger partial charge in [-0.1, -0.05) is 17.2 Å². The third kappa shape index (κ3) is 4.60. The number of anilines is 1. The lowest BCUT2D eigenvalue weighted by atomic mass is 10.1. The Bertz CT molecular complexity index is 940. The van der Waals surface area contributed by atoms with Gasteiger partial charge in [-0.2, -0.15) is 4.31 Å². The SMILES string of the molecule is Cc1cc(C)cc(C(=O)Nc2ccc(S(=O)(=O)N3CC(C)OC(C)C3)cc2)c1. The number of rotatable bonds is 4. The molecule has 0 aliphatic carbocycles. The molecule has 2 unspecified atom stereocenters. The van der Waals surface area contributed by atoms with Crippen LogP contribution in [0.2, 0.25) is 0 Å². The van der Waals surface area contributed by atoms with E-state index in [2.05, 4.69) is 5.32 Å². The highest BCUT2D eigenvalue weighted by Gasteiger charge is 2.32. The quantitative estimate of drug-likeness (QED) is 0.851. The minimum Gasteiger partial charge on any atom is -0.373 e. The van der Waals surface area contributed by atoms with E-state index >= 15 is 0 Å². The molecule has 1 heterocycles. The number of benzene rings is 2. The van der Waals surface area contributed by atoms with Crippen LogP contribution >= 0.6 is 0 Å². The Morgan fingerprint density at radius 3 is 2.07 bits per heavy atom. The van der Waals surface area contributed by atoms with Gasteiger partial charge in [0, 0.05) is 24.3 Å². The fraction of sp³-hybridized carbons (Fsp3) is 0.381. The molecule has 28 heavy (non-hydrogen) atoms. The van der Waals surface area contributed by atoms with E-state index in [0.717, 1.165) is 11.1 Å². The number of sulfonamides is 1. The van der Waals surface area contributed by atoms with E-state index in [9.17, 15) is 13.2 Å². The number of morpholine rings is 1. The molecular formula is C21H26N2O4S. The molecule has 1 saturated heterocycles. The third-order valence-electron chi connectivity index (χ3n) is 4.62. The Labute approximate surface area is 166 Å². The molecule has 1 amide bonds. The molecule has 1 fully saturated rings. The third-order valence-corrected chi connectivity index (χ3v) is 6.47. The average Bonchev–Trinajstić information content (AvgIpc) is 2.60. The van der Waals surface area contributed by atoms with Gasteiger partial charge in [-0.3, -0.25) is 4.79 Å². The van der Waals surface area contributed by atoms with Crippen LogP contribution < -0.4 is 5.32 Å². The van der Waals surface area contributed by atoms with Gasteiger partial charge in [-0.15, -0.1) is 0 Å². The first-order valence-electron chi connectivity index (χ1n) is 9.30. The van der Waals surface area contributed by atoms with Crippen LogP contribution in [-0.4, -0.2) is 43.9 Å². The molecule has 1 aliphatic heterocycles. The second-order valence-corrected chi connectivity index (χ2v) is 9.37. The molecule has 0 aromatic heterocycles. The molecule has 150 valence electrons. The molecule has 7 heteroatoms. The predicted octanol–water partition coefficient (Wildman–Crippen LogP) is 3.35. The van der Waals surface area contributed by atoms with E-state index in [1.165, 1.54) is 16.4 Å². The Morgan fingerprint density at radius 2 is 1.54 bits per heavy atom.